The van der Waals surface area contributed by atoms with Gasteiger partial charge in [0, 0.05) is 39.1 Å². The first-order valence-electron chi connectivity index (χ1n) is 9.41. The zero-order valence-electron chi connectivity index (χ0n) is 13.8. The van der Waals surface area contributed by atoms with Crippen molar-refractivity contribution in [1.82, 2.24) is 4.90 Å². The number of hydrogen-bond acceptors (Lipinski definition) is 4. The van der Waals surface area contributed by atoms with Gasteiger partial charge in [-0.05, 0) is 56.4 Å². The van der Waals surface area contributed by atoms with E-state index in [1.165, 1.54) is 51.7 Å². The van der Waals surface area contributed by atoms with Gasteiger partial charge >= 0.3 is 0 Å². The van der Waals surface area contributed by atoms with E-state index >= 15 is 0 Å². The Kier molecular flexibility index (Phi) is 4.72. The second-order valence-electron chi connectivity index (χ2n) is 7.81. The van der Waals surface area contributed by atoms with Crippen LogP contribution in [0.3, 0.4) is 0 Å². The highest BCUT2D eigenvalue weighted by atomic mass is 16.7. The summed E-state index contributed by atoms with van der Waals surface area (Å²) in [7, 11) is 0. The summed E-state index contributed by atoms with van der Waals surface area (Å²) in [5.74, 6) is 2.52. The van der Waals surface area contributed by atoms with Gasteiger partial charge < -0.3 is 19.1 Å². The van der Waals surface area contributed by atoms with Crippen molar-refractivity contribution in [2.24, 2.45) is 17.8 Å². The van der Waals surface area contributed by atoms with Crippen molar-refractivity contribution in [3.8, 4) is 0 Å². The average molecular weight is 309 g/mol. The highest BCUT2D eigenvalue weighted by Crippen LogP contribution is 2.39. The fourth-order valence-corrected chi connectivity index (χ4v) is 5.05. The predicted molar refractivity (Wildman–Crippen MR) is 84.7 cm³/mol. The van der Waals surface area contributed by atoms with Crippen LogP contribution in [0.4, 0.5) is 0 Å². The summed E-state index contributed by atoms with van der Waals surface area (Å²) in [4.78, 5) is 2.74. The molecule has 3 heterocycles. The molecule has 22 heavy (non-hydrogen) atoms. The van der Waals surface area contributed by atoms with Crippen molar-refractivity contribution in [2.45, 2.75) is 50.7 Å². The van der Waals surface area contributed by atoms with E-state index in [1.807, 2.05) is 0 Å². The lowest BCUT2D eigenvalue weighted by atomic mass is 9.84. The lowest BCUT2D eigenvalue weighted by Crippen LogP contribution is -2.38. The average Bonchev–Trinajstić information content (AvgIpc) is 3.21. The molecule has 4 fully saturated rings. The first-order chi connectivity index (χ1) is 10.8. The van der Waals surface area contributed by atoms with Crippen molar-refractivity contribution in [1.29, 1.82) is 0 Å². The van der Waals surface area contributed by atoms with Gasteiger partial charge in [-0.3, -0.25) is 0 Å². The lowest BCUT2D eigenvalue weighted by Gasteiger charge is -2.36. The summed E-state index contributed by atoms with van der Waals surface area (Å²) in [6, 6.07) is 0. The van der Waals surface area contributed by atoms with E-state index in [9.17, 15) is 0 Å². The van der Waals surface area contributed by atoms with E-state index in [0.717, 1.165) is 57.0 Å². The molecule has 1 aliphatic carbocycles. The fraction of sp³-hybridized carbons (Fsp3) is 1.00. The Hall–Kier alpha value is -0.160. The predicted octanol–water partition coefficient (Wildman–Crippen LogP) is 2.67. The van der Waals surface area contributed by atoms with Gasteiger partial charge in [-0.1, -0.05) is 0 Å². The third-order valence-corrected chi connectivity index (χ3v) is 6.44. The van der Waals surface area contributed by atoms with E-state index in [2.05, 4.69) is 4.90 Å². The minimum Gasteiger partial charge on any atom is -0.381 e. The SMILES string of the molecule is C1CC([C@@H]2CCN(CC3CCC4(CC3)OCCO4)C2)CCO1. The smallest absolute Gasteiger partial charge is 0.168 e. The van der Waals surface area contributed by atoms with Gasteiger partial charge in [0.1, 0.15) is 0 Å². The van der Waals surface area contributed by atoms with Gasteiger partial charge in [0.2, 0.25) is 0 Å². The van der Waals surface area contributed by atoms with Crippen LogP contribution in [0.5, 0.6) is 0 Å². The molecule has 1 spiro atoms. The molecule has 126 valence electrons. The van der Waals surface area contributed by atoms with E-state index in [4.69, 9.17) is 14.2 Å². The number of ether oxygens (including phenoxy) is 3. The van der Waals surface area contributed by atoms with E-state index in [0.29, 0.717) is 0 Å². The Bertz CT molecular complexity index is 353. The highest BCUT2D eigenvalue weighted by Gasteiger charge is 2.41. The summed E-state index contributed by atoms with van der Waals surface area (Å²) in [5, 5.41) is 0. The topological polar surface area (TPSA) is 30.9 Å². The molecule has 4 aliphatic rings. The molecule has 4 heteroatoms. The standard InChI is InChI=1S/C18H31NO3/c1-6-18(21-11-12-22-18)7-2-15(1)13-19-8-3-17(14-19)16-4-9-20-10-5-16/h15-17H,1-14H2/t17-/m1/s1. The van der Waals surface area contributed by atoms with Crippen LogP contribution >= 0.6 is 0 Å². The summed E-state index contributed by atoms with van der Waals surface area (Å²) in [6.07, 6.45) is 8.76. The fourth-order valence-electron chi connectivity index (χ4n) is 5.05. The lowest BCUT2D eigenvalue weighted by molar-refractivity contribution is -0.183. The number of hydrogen-bond donors (Lipinski definition) is 0. The molecule has 1 saturated carbocycles. The summed E-state index contributed by atoms with van der Waals surface area (Å²) < 4.78 is 17.2. The maximum Gasteiger partial charge on any atom is 0.168 e. The van der Waals surface area contributed by atoms with Gasteiger partial charge in [0.25, 0.3) is 0 Å². The van der Waals surface area contributed by atoms with Crippen LogP contribution in [0.15, 0.2) is 0 Å². The second-order valence-corrected chi connectivity index (χ2v) is 7.81. The summed E-state index contributed by atoms with van der Waals surface area (Å²) in [5.41, 5.74) is 0. The minimum absolute atomic E-state index is 0.188. The van der Waals surface area contributed by atoms with Gasteiger partial charge in [0.05, 0.1) is 13.2 Å². The van der Waals surface area contributed by atoms with Crippen molar-refractivity contribution in [3.05, 3.63) is 0 Å². The summed E-state index contributed by atoms with van der Waals surface area (Å²) >= 11 is 0. The Morgan fingerprint density at radius 2 is 1.55 bits per heavy atom. The normalized spacial score (nSPS) is 34.6. The maximum absolute atomic E-state index is 5.85. The van der Waals surface area contributed by atoms with Crippen molar-refractivity contribution in [2.75, 3.05) is 46.1 Å². The van der Waals surface area contributed by atoms with Gasteiger partial charge in [-0.25, -0.2) is 0 Å². The second kappa shape index (κ2) is 6.76. The summed E-state index contributed by atoms with van der Waals surface area (Å²) in [6.45, 7) is 7.52. The minimum atomic E-state index is -0.188. The van der Waals surface area contributed by atoms with Crippen molar-refractivity contribution in [3.63, 3.8) is 0 Å². The van der Waals surface area contributed by atoms with Crippen molar-refractivity contribution >= 4 is 0 Å². The maximum atomic E-state index is 5.85. The van der Waals surface area contributed by atoms with Crippen LogP contribution < -0.4 is 0 Å². The van der Waals surface area contributed by atoms with Crippen LogP contribution in [-0.2, 0) is 14.2 Å². The number of nitrogens with zero attached hydrogens (tertiary/aromatic N) is 1. The molecule has 3 saturated heterocycles. The molecule has 0 radical (unpaired) electrons. The van der Waals surface area contributed by atoms with Gasteiger partial charge in [-0.2, -0.15) is 0 Å². The Labute approximate surface area is 134 Å². The highest BCUT2D eigenvalue weighted by molar-refractivity contribution is 4.87. The molecule has 4 nitrogen and oxygen atoms in total. The Balaban J connectivity index is 1.21. The molecule has 0 aromatic heterocycles. The van der Waals surface area contributed by atoms with Crippen LogP contribution in [-0.4, -0.2) is 56.7 Å². The largest absolute Gasteiger partial charge is 0.381 e. The quantitative estimate of drug-likeness (QED) is 0.802. The molecular weight excluding hydrogens is 278 g/mol. The zero-order chi connectivity index (χ0) is 14.8. The molecule has 0 N–H and O–H groups in total. The molecule has 3 aliphatic heterocycles. The monoisotopic (exact) mass is 309 g/mol. The van der Waals surface area contributed by atoms with Gasteiger partial charge in [-0.15, -0.1) is 0 Å². The molecular formula is C18H31NO3. The Morgan fingerprint density at radius 1 is 0.818 bits per heavy atom. The van der Waals surface area contributed by atoms with Crippen LogP contribution in [0.1, 0.15) is 44.9 Å². The van der Waals surface area contributed by atoms with Crippen molar-refractivity contribution < 1.29 is 14.2 Å². The molecule has 0 unspecified atom stereocenters. The van der Waals surface area contributed by atoms with Crippen LogP contribution in [0.25, 0.3) is 0 Å². The number of likely N-dealkylation sites (tertiary alicyclic amines) is 1. The molecule has 1 atom stereocenters. The molecule has 0 amide bonds. The third-order valence-electron chi connectivity index (χ3n) is 6.44. The first-order valence-corrected chi connectivity index (χ1v) is 9.41. The molecule has 0 bridgehead atoms. The van der Waals surface area contributed by atoms with Gasteiger partial charge in [0.15, 0.2) is 5.79 Å². The molecule has 0 aromatic rings. The number of rotatable bonds is 3. The van der Waals surface area contributed by atoms with E-state index in [-0.39, 0.29) is 5.79 Å². The van der Waals surface area contributed by atoms with E-state index < -0.39 is 0 Å². The molecule has 0 aromatic carbocycles. The van der Waals surface area contributed by atoms with E-state index in [1.54, 1.807) is 0 Å². The Morgan fingerprint density at radius 3 is 2.27 bits per heavy atom. The zero-order valence-corrected chi connectivity index (χ0v) is 13.8. The molecule has 4 rings (SSSR count). The van der Waals surface area contributed by atoms with Crippen LogP contribution in [0, 0.1) is 17.8 Å². The first kappa shape index (κ1) is 15.4. The van der Waals surface area contributed by atoms with Crippen LogP contribution in [0.2, 0.25) is 0 Å². The third kappa shape index (κ3) is 3.35.